The van der Waals surface area contributed by atoms with Gasteiger partial charge in [-0.25, -0.2) is 0 Å². The number of fused-ring (bicyclic) bond motifs is 1. The zero-order valence-corrected chi connectivity index (χ0v) is 17.1. The number of rotatable bonds is 9. The van der Waals surface area contributed by atoms with Crippen LogP contribution in [0, 0.1) is 0 Å². The molecule has 0 bridgehead atoms. The monoisotopic (exact) mass is 393 g/mol. The van der Waals surface area contributed by atoms with E-state index < -0.39 is 6.10 Å². The van der Waals surface area contributed by atoms with Crippen molar-refractivity contribution in [3.8, 4) is 17.2 Å². The molecule has 3 aromatic carbocycles. The van der Waals surface area contributed by atoms with E-state index in [0.29, 0.717) is 37.0 Å². The molecule has 1 amide bonds. The van der Waals surface area contributed by atoms with Crippen LogP contribution in [0.1, 0.15) is 26.3 Å². The van der Waals surface area contributed by atoms with E-state index in [1.54, 1.807) is 6.92 Å². The molecule has 0 aliphatic heterocycles. The van der Waals surface area contributed by atoms with E-state index in [0.717, 1.165) is 16.3 Å². The fourth-order valence-electron chi connectivity index (χ4n) is 3.08. The second kappa shape index (κ2) is 9.82. The molecule has 0 unspecified atom stereocenters. The van der Waals surface area contributed by atoms with Gasteiger partial charge in [-0.15, -0.1) is 0 Å². The minimum atomic E-state index is -0.616. The summed E-state index contributed by atoms with van der Waals surface area (Å²) in [5.74, 6) is 1.91. The summed E-state index contributed by atoms with van der Waals surface area (Å²) in [6.45, 7) is 7.11. The van der Waals surface area contributed by atoms with Crippen LogP contribution >= 0.6 is 0 Å². The Kier molecular flexibility index (Phi) is 6.95. The Morgan fingerprint density at radius 1 is 0.897 bits per heavy atom. The van der Waals surface area contributed by atoms with Gasteiger partial charge in [0.2, 0.25) is 0 Å². The number of nitrogens with one attached hydrogen (secondary N) is 1. The number of amides is 1. The van der Waals surface area contributed by atoms with Crippen molar-refractivity contribution in [1.29, 1.82) is 0 Å². The maximum atomic E-state index is 12.5. The van der Waals surface area contributed by atoms with Gasteiger partial charge in [-0.05, 0) is 49.9 Å². The Morgan fingerprint density at radius 3 is 2.41 bits per heavy atom. The number of carbonyl (C=O) groups excluding carboxylic acids is 1. The highest BCUT2D eigenvalue weighted by Gasteiger charge is 2.16. The second-order valence-electron chi connectivity index (χ2n) is 6.60. The first kappa shape index (κ1) is 20.5. The van der Waals surface area contributed by atoms with Gasteiger partial charge in [0.15, 0.2) is 17.6 Å². The summed E-state index contributed by atoms with van der Waals surface area (Å²) in [5.41, 5.74) is 0.933. The standard InChI is InChI=1S/C24H27NO4/c1-4-27-22-14-13-18(15-23(22)28-5-2)16-25-24(26)17(3)29-21-12-8-10-19-9-6-7-11-20(19)21/h6-15,17H,4-5,16H2,1-3H3,(H,25,26)/t17-/m0/s1. The van der Waals surface area contributed by atoms with Gasteiger partial charge in [-0.3, -0.25) is 4.79 Å². The fourth-order valence-corrected chi connectivity index (χ4v) is 3.08. The molecule has 0 spiro atoms. The van der Waals surface area contributed by atoms with Crippen molar-refractivity contribution in [3.63, 3.8) is 0 Å². The zero-order valence-electron chi connectivity index (χ0n) is 17.1. The van der Waals surface area contributed by atoms with Gasteiger partial charge in [0, 0.05) is 11.9 Å². The van der Waals surface area contributed by atoms with Crippen LogP contribution in [0.2, 0.25) is 0 Å². The van der Waals surface area contributed by atoms with Gasteiger partial charge in [-0.1, -0.05) is 42.5 Å². The average molecular weight is 393 g/mol. The molecule has 1 N–H and O–H groups in total. The van der Waals surface area contributed by atoms with Crippen molar-refractivity contribution in [2.45, 2.75) is 33.4 Å². The van der Waals surface area contributed by atoms with E-state index >= 15 is 0 Å². The SMILES string of the molecule is CCOc1ccc(CNC(=O)[C@H](C)Oc2cccc3ccccc23)cc1OCC. The molecule has 0 fully saturated rings. The first-order valence-electron chi connectivity index (χ1n) is 9.93. The maximum Gasteiger partial charge on any atom is 0.261 e. The van der Waals surface area contributed by atoms with Crippen LogP contribution in [0.3, 0.4) is 0 Å². The Bertz CT molecular complexity index is 965. The van der Waals surface area contributed by atoms with Crippen LogP contribution in [0.15, 0.2) is 60.7 Å². The molecule has 152 valence electrons. The highest BCUT2D eigenvalue weighted by atomic mass is 16.5. The predicted molar refractivity (Wildman–Crippen MR) is 115 cm³/mol. The number of hydrogen-bond acceptors (Lipinski definition) is 4. The van der Waals surface area contributed by atoms with Crippen LogP contribution < -0.4 is 19.5 Å². The fraction of sp³-hybridized carbons (Fsp3) is 0.292. The Labute approximate surface area is 171 Å². The molecule has 5 heteroatoms. The molecule has 0 aliphatic rings. The lowest BCUT2D eigenvalue weighted by Gasteiger charge is -2.17. The lowest BCUT2D eigenvalue weighted by atomic mass is 10.1. The molecule has 3 aromatic rings. The van der Waals surface area contributed by atoms with Crippen LogP contribution in [0.4, 0.5) is 0 Å². The Morgan fingerprint density at radius 2 is 1.62 bits per heavy atom. The average Bonchev–Trinajstić information content (AvgIpc) is 2.74. The first-order chi connectivity index (χ1) is 14.1. The zero-order chi connectivity index (χ0) is 20.6. The Hall–Kier alpha value is -3.21. The molecule has 29 heavy (non-hydrogen) atoms. The summed E-state index contributed by atoms with van der Waals surface area (Å²) in [6.07, 6.45) is -0.616. The van der Waals surface area contributed by atoms with Gasteiger partial charge in [0.05, 0.1) is 13.2 Å². The van der Waals surface area contributed by atoms with Crippen molar-refractivity contribution in [1.82, 2.24) is 5.32 Å². The summed E-state index contributed by atoms with van der Waals surface area (Å²) < 4.78 is 17.2. The van der Waals surface area contributed by atoms with Crippen molar-refractivity contribution in [3.05, 3.63) is 66.2 Å². The van der Waals surface area contributed by atoms with Crippen LogP contribution in [-0.2, 0) is 11.3 Å². The normalized spacial score (nSPS) is 11.7. The van der Waals surface area contributed by atoms with E-state index in [1.807, 2.05) is 74.5 Å². The van der Waals surface area contributed by atoms with Crippen molar-refractivity contribution < 1.29 is 19.0 Å². The number of carbonyl (C=O) groups is 1. The van der Waals surface area contributed by atoms with Crippen LogP contribution in [-0.4, -0.2) is 25.2 Å². The molecule has 0 radical (unpaired) electrons. The van der Waals surface area contributed by atoms with Crippen molar-refractivity contribution >= 4 is 16.7 Å². The predicted octanol–water partition coefficient (Wildman–Crippen LogP) is 4.72. The summed E-state index contributed by atoms with van der Waals surface area (Å²) in [7, 11) is 0. The molecule has 0 saturated carbocycles. The van der Waals surface area contributed by atoms with Crippen LogP contribution in [0.5, 0.6) is 17.2 Å². The lowest BCUT2D eigenvalue weighted by Crippen LogP contribution is -2.35. The third kappa shape index (κ3) is 5.19. The Balaban J connectivity index is 1.63. The number of benzene rings is 3. The van der Waals surface area contributed by atoms with Crippen molar-refractivity contribution in [2.75, 3.05) is 13.2 Å². The van der Waals surface area contributed by atoms with E-state index in [9.17, 15) is 4.79 Å². The maximum absolute atomic E-state index is 12.5. The third-order valence-electron chi connectivity index (χ3n) is 4.50. The molecule has 0 aromatic heterocycles. The van der Waals surface area contributed by atoms with E-state index in [-0.39, 0.29) is 5.91 Å². The van der Waals surface area contributed by atoms with Gasteiger partial charge < -0.3 is 19.5 Å². The molecule has 0 aliphatic carbocycles. The van der Waals surface area contributed by atoms with Gasteiger partial charge in [0.25, 0.3) is 5.91 Å². The molecule has 3 rings (SSSR count). The summed E-state index contributed by atoms with van der Waals surface area (Å²) in [4.78, 5) is 12.5. The molecular weight excluding hydrogens is 366 g/mol. The molecule has 0 heterocycles. The minimum absolute atomic E-state index is 0.176. The summed E-state index contributed by atoms with van der Waals surface area (Å²) in [6, 6.07) is 19.5. The van der Waals surface area contributed by atoms with Gasteiger partial charge in [0.1, 0.15) is 5.75 Å². The quantitative estimate of drug-likeness (QED) is 0.571. The highest BCUT2D eigenvalue weighted by molar-refractivity contribution is 5.89. The topological polar surface area (TPSA) is 56.8 Å². The van der Waals surface area contributed by atoms with Crippen molar-refractivity contribution in [2.24, 2.45) is 0 Å². The second-order valence-corrected chi connectivity index (χ2v) is 6.60. The minimum Gasteiger partial charge on any atom is -0.490 e. The summed E-state index contributed by atoms with van der Waals surface area (Å²) >= 11 is 0. The molecule has 0 saturated heterocycles. The number of ether oxygens (including phenoxy) is 3. The van der Waals surface area contributed by atoms with E-state index in [1.165, 1.54) is 0 Å². The third-order valence-corrected chi connectivity index (χ3v) is 4.50. The molecular formula is C24H27NO4. The van der Waals surface area contributed by atoms with E-state index in [4.69, 9.17) is 14.2 Å². The number of hydrogen-bond donors (Lipinski definition) is 1. The molecule has 1 atom stereocenters. The van der Waals surface area contributed by atoms with Crippen LogP contribution in [0.25, 0.3) is 10.8 Å². The largest absolute Gasteiger partial charge is 0.490 e. The van der Waals surface area contributed by atoms with Gasteiger partial charge >= 0.3 is 0 Å². The summed E-state index contributed by atoms with van der Waals surface area (Å²) in [5, 5.41) is 5.00. The van der Waals surface area contributed by atoms with E-state index in [2.05, 4.69) is 5.32 Å². The smallest absolute Gasteiger partial charge is 0.261 e. The van der Waals surface area contributed by atoms with Gasteiger partial charge in [-0.2, -0.15) is 0 Å². The molecule has 5 nitrogen and oxygen atoms in total. The lowest BCUT2D eigenvalue weighted by molar-refractivity contribution is -0.127. The first-order valence-corrected chi connectivity index (χ1v) is 9.93. The highest BCUT2D eigenvalue weighted by Crippen LogP contribution is 2.29.